The number of nitrogens with zero attached hydrogens (tertiary/aromatic N) is 1. The number of halogens is 1. The molecule has 1 aliphatic rings. The zero-order valence-electron chi connectivity index (χ0n) is 15.0. The third kappa shape index (κ3) is 4.28. The maximum absolute atomic E-state index is 13.0. The van der Waals surface area contributed by atoms with Crippen LogP contribution in [-0.2, 0) is 20.3 Å². The van der Waals surface area contributed by atoms with Crippen molar-refractivity contribution in [3.05, 3.63) is 68.5 Å². The minimum absolute atomic E-state index is 0.0788. The smallest absolute Gasteiger partial charge is 0.338 e. The number of H-pyrrole nitrogens is 1. The van der Waals surface area contributed by atoms with Crippen molar-refractivity contribution in [1.82, 2.24) is 9.55 Å². The molecule has 0 amide bonds. The van der Waals surface area contributed by atoms with Crippen LogP contribution in [0.4, 0.5) is 4.39 Å². The number of hydrogen-bond acceptors (Lipinski definition) is 6. The van der Waals surface area contributed by atoms with Crippen LogP contribution in [0.15, 0.2) is 46.1 Å². The molecule has 3 rings (SSSR count). The first kappa shape index (κ1) is 20.2. The van der Waals surface area contributed by atoms with Gasteiger partial charge in [-0.1, -0.05) is 18.2 Å². The van der Waals surface area contributed by atoms with Gasteiger partial charge in [0.2, 0.25) is 0 Å². The van der Waals surface area contributed by atoms with E-state index in [-0.39, 0.29) is 13.0 Å². The second kappa shape index (κ2) is 8.61. The Morgan fingerprint density at radius 3 is 2.75 bits per heavy atom. The normalized spacial score (nSPS) is 22.7. The quantitative estimate of drug-likeness (QED) is 0.713. The maximum Gasteiger partial charge on any atom is 0.338 e. The van der Waals surface area contributed by atoms with E-state index in [9.17, 15) is 23.0 Å². The lowest BCUT2D eigenvalue weighted by Crippen LogP contribution is -2.33. The Morgan fingerprint density at radius 1 is 1.36 bits per heavy atom. The molecule has 2 aromatic rings. The van der Waals surface area contributed by atoms with Crippen molar-refractivity contribution in [2.24, 2.45) is 0 Å². The highest BCUT2D eigenvalue weighted by molar-refractivity contribution is 7.85. The fourth-order valence-corrected chi connectivity index (χ4v) is 4.02. The van der Waals surface area contributed by atoms with Crippen LogP contribution in [0, 0.1) is 6.92 Å². The van der Waals surface area contributed by atoms with Crippen LogP contribution in [0.1, 0.15) is 28.6 Å². The van der Waals surface area contributed by atoms with Crippen LogP contribution in [0.5, 0.6) is 0 Å². The van der Waals surface area contributed by atoms with Gasteiger partial charge in [0.25, 0.3) is 5.56 Å². The van der Waals surface area contributed by atoms with Crippen molar-refractivity contribution < 1.29 is 22.9 Å². The van der Waals surface area contributed by atoms with Gasteiger partial charge in [-0.3, -0.25) is 18.6 Å². The van der Waals surface area contributed by atoms with E-state index < -0.39 is 51.6 Å². The lowest BCUT2D eigenvalue weighted by Gasteiger charge is -2.17. The minimum atomic E-state index is -1.87. The van der Waals surface area contributed by atoms with E-state index in [4.69, 9.17) is 9.47 Å². The van der Waals surface area contributed by atoms with Crippen molar-refractivity contribution in [1.29, 1.82) is 0 Å². The molecule has 0 bridgehead atoms. The summed E-state index contributed by atoms with van der Waals surface area (Å²) in [6.45, 7) is 1.29. The van der Waals surface area contributed by atoms with E-state index in [1.807, 2.05) is 0 Å². The summed E-state index contributed by atoms with van der Waals surface area (Å²) in [5, 5.41) is -0.766. The lowest BCUT2D eigenvalue weighted by atomic mass is 10.2. The Morgan fingerprint density at radius 2 is 2.07 bits per heavy atom. The number of carbonyl (C=O) groups excluding carboxylic acids is 1. The lowest BCUT2D eigenvalue weighted by molar-refractivity contribution is -0.0334. The molecule has 1 N–H and O–H groups in total. The van der Waals surface area contributed by atoms with Crippen LogP contribution in [-0.4, -0.2) is 43.7 Å². The summed E-state index contributed by atoms with van der Waals surface area (Å²) in [6, 6.07) is 7.21. The average molecular weight is 410 g/mol. The molecule has 8 nitrogen and oxygen atoms in total. The topological polar surface area (TPSA) is 107 Å². The number of aromatic amines is 1. The summed E-state index contributed by atoms with van der Waals surface area (Å²) in [4.78, 5) is 37.9. The number of aromatic nitrogens is 2. The van der Waals surface area contributed by atoms with Crippen LogP contribution in [0.25, 0.3) is 0 Å². The van der Waals surface area contributed by atoms with Crippen LogP contribution in [0.2, 0.25) is 0 Å². The molecule has 0 radical (unpaired) electrons. The van der Waals surface area contributed by atoms with Gasteiger partial charge in [-0.15, -0.1) is 0 Å². The van der Waals surface area contributed by atoms with Crippen molar-refractivity contribution in [3.63, 3.8) is 0 Å². The minimum Gasteiger partial charge on any atom is -0.459 e. The fourth-order valence-electron chi connectivity index (χ4n) is 2.99. The number of alkyl halides is 1. The summed E-state index contributed by atoms with van der Waals surface area (Å²) in [7, 11) is -1.87. The van der Waals surface area contributed by atoms with Gasteiger partial charge >= 0.3 is 11.7 Å². The monoisotopic (exact) mass is 410 g/mol. The number of nitrogens with one attached hydrogen (secondary N) is 1. The Hall–Kier alpha value is -2.59. The number of benzene rings is 1. The fraction of sp³-hybridized carbons (Fsp3) is 0.389. The van der Waals surface area contributed by atoms with E-state index >= 15 is 0 Å². The molecule has 0 unspecified atom stereocenters. The average Bonchev–Trinajstić information content (AvgIpc) is 3.13. The van der Waals surface area contributed by atoms with Gasteiger partial charge < -0.3 is 9.47 Å². The standard InChI is InChI=1S/C18H19FN2O6S/c1-11-8-21(18(24)20-16(11)22)15-7-14(28(25)10-19)13(27-15)9-26-17(23)12-5-3-2-4-6-12/h2-6,8,13-15H,7,9-10H2,1H3,(H,20,22,24)/t13-,14+,15-,28+/m1/s1. The van der Waals surface area contributed by atoms with Crippen molar-refractivity contribution >= 4 is 16.8 Å². The molecule has 4 atom stereocenters. The first-order valence-corrected chi connectivity index (χ1v) is 9.91. The molecule has 1 saturated heterocycles. The van der Waals surface area contributed by atoms with Gasteiger partial charge in [-0.2, -0.15) is 0 Å². The SMILES string of the molecule is Cc1cn([C@H]2C[C@H]([S@@](=O)CF)[C@@H](COC(=O)c3ccccc3)O2)c(=O)[nH]c1=O. The van der Waals surface area contributed by atoms with Gasteiger partial charge in [0.05, 0.1) is 21.6 Å². The van der Waals surface area contributed by atoms with E-state index in [2.05, 4.69) is 4.98 Å². The number of hydrogen-bond donors (Lipinski definition) is 1. The Kier molecular flexibility index (Phi) is 6.20. The van der Waals surface area contributed by atoms with Crippen molar-refractivity contribution in [2.45, 2.75) is 30.9 Å². The number of ether oxygens (including phenoxy) is 2. The molecule has 150 valence electrons. The summed E-state index contributed by atoms with van der Waals surface area (Å²) in [5.41, 5.74) is -0.568. The second-order valence-corrected chi connectivity index (χ2v) is 7.92. The number of aryl methyl sites for hydroxylation is 1. The molecule has 2 heterocycles. The van der Waals surface area contributed by atoms with Crippen molar-refractivity contribution in [3.8, 4) is 0 Å². The van der Waals surface area contributed by atoms with E-state index in [1.165, 1.54) is 13.1 Å². The molecule has 10 heteroatoms. The molecule has 0 saturated carbocycles. The molecule has 0 spiro atoms. The summed E-state index contributed by atoms with van der Waals surface area (Å²) in [5.74, 6) is -0.588. The molecule has 0 aliphatic carbocycles. The highest BCUT2D eigenvalue weighted by atomic mass is 32.2. The molecular formula is C18H19FN2O6S. The van der Waals surface area contributed by atoms with E-state index in [0.29, 0.717) is 11.1 Å². The largest absolute Gasteiger partial charge is 0.459 e. The Balaban J connectivity index is 1.77. The van der Waals surface area contributed by atoms with Gasteiger partial charge in [-0.05, 0) is 19.1 Å². The van der Waals surface area contributed by atoms with E-state index in [0.717, 1.165) is 4.57 Å². The predicted octanol–water partition coefficient (Wildman–Crippen LogP) is 1.03. The van der Waals surface area contributed by atoms with Crippen LogP contribution >= 0.6 is 0 Å². The third-order valence-electron chi connectivity index (χ3n) is 4.47. The zero-order chi connectivity index (χ0) is 20.3. The molecular weight excluding hydrogens is 391 g/mol. The van der Waals surface area contributed by atoms with Crippen molar-refractivity contribution in [2.75, 3.05) is 12.6 Å². The number of carbonyl (C=O) groups is 1. The summed E-state index contributed by atoms with van der Waals surface area (Å²) >= 11 is 0. The maximum atomic E-state index is 13.0. The number of esters is 1. The zero-order valence-corrected chi connectivity index (χ0v) is 15.8. The highest BCUT2D eigenvalue weighted by Crippen LogP contribution is 2.31. The first-order valence-electron chi connectivity index (χ1n) is 8.53. The molecule has 1 fully saturated rings. The first-order chi connectivity index (χ1) is 13.4. The van der Waals surface area contributed by atoms with Crippen LogP contribution < -0.4 is 11.2 Å². The molecule has 1 aromatic heterocycles. The van der Waals surface area contributed by atoms with Gasteiger partial charge in [0.15, 0.2) is 6.01 Å². The molecule has 1 aromatic carbocycles. The van der Waals surface area contributed by atoms with Gasteiger partial charge in [0, 0.05) is 18.2 Å². The van der Waals surface area contributed by atoms with E-state index in [1.54, 1.807) is 30.3 Å². The van der Waals surface area contributed by atoms with Crippen LogP contribution in [0.3, 0.4) is 0 Å². The number of rotatable bonds is 6. The molecule has 28 heavy (non-hydrogen) atoms. The molecule has 1 aliphatic heterocycles. The van der Waals surface area contributed by atoms with Gasteiger partial charge in [-0.25, -0.2) is 14.0 Å². The third-order valence-corrected chi connectivity index (χ3v) is 5.86. The Bertz CT molecular complexity index is 990. The summed E-state index contributed by atoms with van der Waals surface area (Å²) in [6.07, 6.45) is -0.299. The Labute approximate surface area is 161 Å². The highest BCUT2D eigenvalue weighted by Gasteiger charge is 2.41. The summed E-state index contributed by atoms with van der Waals surface area (Å²) < 4.78 is 37.3. The second-order valence-electron chi connectivity index (χ2n) is 6.34. The van der Waals surface area contributed by atoms with Gasteiger partial charge in [0.1, 0.15) is 18.9 Å². The predicted molar refractivity (Wildman–Crippen MR) is 99.2 cm³/mol.